The standard InChI is InChI=1S/C25H38N2O3/c28-24(18-26-6-8-27(9-7-26)23-4-2-1-3-5-23)19-29-10-11-30-25-15-20-12-21(16-25)14-22(13-20)17-25/h1-5,20-22,24,28H,6-19H2/t20?,21?,22?,24-,25?/m1/s1. The average Bonchev–Trinajstić information content (AvgIpc) is 2.74. The molecule has 6 rings (SSSR count). The monoisotopic (exact) mass is 414 g/mol. The van der Waals surface area contributed by atoms with Crippen LogP contribution in [-0.4, -0.2) is 74.3 Å². The minimum Gasteiger partial charge on any atom is -0.389 e. The zero-order valence-electron chi connectivity index (χ0n) is 18.3. The van der Waals surface area contributed by atoms with Crippen LogP contribution in [0.5, 0.6) is 0 Å². The molecule has 1 aromatic carbocycles. The molecule has 0 unspecified atom stereocenters. The normalized spacial score (nSPS) is 34.4. The Hall–Kier alpha value is -1.14. The van der Waals surface area contributed by atoms with Crippen molar-refractivity contribution in [2.45, 2.75) is 50.2 Å². The van der Waals surface area contributed by atoms with Gasteiger partial charge in [-0.15, -0.1) is 0 Å². The van der Waals surface area contributed by atoms with Gasteiger partial charge in [-0.1, -0.05) is 18.2 Å². The Kier molecular flexibility index (Phi) is 6.33. The van der Waals surface area contributed by atoms with Crippen molar-refractivity contribution >= 4 is 5.69 Å². The first kappa shape index (κ1) is 20.7. The minimum atomic E-state index is -0.423. The third-order valence-corrected chi connectivity index (χ3v) is 7.89. The van der Waals surface area contributed by atoms with Crippen molar-refractivity contribution in [2.75, 3.05) is 57.4 Å². The average molecular weight is 415 g/mol. The lowest BCUT2D eigenvalue weighted by molar-refractivity contribution is -0.170. The summed E-state index contributed by atoms with van der Waals surface area (Å²) in [4.78, 5) is 4.76. The van der Waals surface area contributed by atoms with Gasteiger partial charge in [0.25, 0.3) is 0 Å². The molecule has 5 aliphatic rings. The third kappa shape index (κ3) is 4.85. The summed E-state index contributed by atoms with van der Waals surface area (Å²) >= 11 is 0. The SMILES string of the molecule is O[C@@H](COCCOC12CC3CC(CC(C3)C1)C2)CN1CCN(c2ccccc2)CC1. The first-order chi connectivity index (χ1) is 14.7. The van der Waals surface area contributed by atoms with Crippen molar-refractivity contribution in [3.8, 4) is 0 Å². The summed E-state index contributed by atoms with van der Waals surface area (Å²) in [5, 5.41) is 10.4. The number of hydrogen-bond donors (Lipinski definition) is 1. The molecule has 166 valence electrons. The number of anilines is 1. The maximum Gasteiger partial charge on any atom is 0.0900 e. The van der Waals surface area contributed by atoms with Crippen LogP contribution in [0.3, 0.4) is 0 Å². The number of ether oxygens (including phenoxy) is 2. The van der Waals surface area contributed by atoms with Crippen LogP contribution < -0.4 is 4.90 Å². The summed E-state index contributed by atoms with van der Waals surface area (Å²) in [6, 6.07) is 10.6. The molecule has 4 saturated carbocycles. The van der Waals surface area contributed by atoms with E-state index in [-0.39, 0.29) is 5.60 Å². The van der Waals surface area contributed by atoms with Gasteiger partial charge in [0.05, 0.1) is 31.5 Å². The van der Waals surface area contributed by atoms with Crippen molar-refractivity contribution in [3.63, 3.8) is 0 Å². The molecule has 1 aliphatic heterocycles. The summed E-state index contributed by atoms with van der Waals surface area (Å²) in [7, 11) is 0. The van der Waals surface area contributed by atoms with E-state index in [0.717, 1.165) is 43.9 Å². The lowest BCUT2D eigenvalue weighted by Gasteiger charge is -2.56. The van der Waals surface area contributed by atoms with Crippen molar-refractivity contribution < 1.29 is 14.6 Å². The second-order valence-corrected chi connectivity index (χ2v) is 10.3. The van der Waals surface area contributed by atoms with E-state index in [1.165, 1.54) is 44.2 Å². The summed E-state index contributed by atoms with van der Waals surface area (Å²) < 4.78 is 12.2. The van der Waals surface area contributed by atoms with Crippen molar-refractivity contribution in [1.82, 2.24) is 4.90 Å². The van der Waals surface area contributed by atoms with Crippen LogP contribution in [-0.2, 0) is 9.47 Å². The molecule has 0 radical (unpaired) electrons. The molecule has 0 aromatic heterocycles. The summed E-state index contributed by atoms with van der Waals surface area (Å²) in [6.45, 7) is 6.37. The fourth-order valence-electron chi connectivity index (χ4n) is 6.92. The molecule has 5 heteroatoms. The highest BCUT2D eigenvalue weighted by atomic mass is 16.5. The van der Waals surface area contributed by atoms with E-state index in [2.05, 4.69) is 40.1 Å². The number of para-hydroxylation sites is 1. The van der Waals surface area contributed by atoms with E-state index in [0.29, 0.717) is 26.4 Å². The molecule has 1 aromatic rings. The van der Waals surface area contributed by atoms with E-state index in [1.54, 1.807) is 0 Å². The quantitative estimate of drug-likeness (QED) is 0.629. The van der Waals surface area contributed by atoms with Crippen LogP contribution >= 0.6 is 0 Å². The molecule has 1 heterocycles. The Labute approximate surface area is 181 Å². The Balaban J connectivity index is 0.961. The maximum atomic E-state index is 10.4. The number of aliphatic hydroxyl groups excluding tert-OH is 1. The number of β-amino-alcohol motifs (C(OH)–C–C–N with tert-alkyl or cyclic N) is 1. The second kappa shape index (κ2) is 9.15. The molecule has 5 fully saturated rings. The number of nitrogens with zero attached hydrogens (tertiary/aromatic N) is 2. The number of aliphatic hydroxyl groups is 1. The van der Waals surface area contributed by atoms with E-state index >= 15 is 0 Å². The van der Waals surface area contributed by atoms with Gasteiger partial charge < -0.3 is 19.5 Å². The first-order valence-corrected chi connectivity index (χ1v) is 12.1. The summed E-state index contributed by atoms with van der Waals surface area (Å²) in [5.41, 5.74) is 1.45. The summed E-state index contributed by atoms with van der Waals surface area (Å²) in [6.07, 6.45) is 7.75. The molecule has 4 bridgehead atoms. The highest BCUT2D eigenvalue weighted by Crippen LogP contribution is 2.57. The smallest absolute Gasteiger partial charge is 0.0900 e. The predicted molar refractivity (Wildman–Crippen MR) is 119 cm³/mol. The zero-order chi connectivity index (χ0) is 20.4. The van der Waals surface area contributed by atoms with E-state index in [4.69, 9.17) is 9.47 Å². The van der Waals surface area contributed by atoms with Gasteiger partial charge in [0.2, 0.25) is 0 Å². The van der Waals surface area contributed by atoms with Gasteiger partial charge in [-0.25, -0.2) is 0 Å². The maximum absolute atomic E-state index is 10.4. The van der Waals surface area contributed by atoms with Crippen LogP contribution in [0, 0.1) is 17.8 Å². The molecule has 1 atom stereocenters. The van der Waals surface area contributed by atoms with Gasteiger partial charge in [0.15, 0.2) is 0 Å². The fraction of sp³-hybridized carbons (Fsp3) is 0.760. The Morgan fingerprint density at radius 3 is 2.17 bits per heavy atom. The topological polar surface area (TPSA) is 45.2 Å². The predicted octanol–water partition coefficient (Wildman–Crippen LogP) is 3.17. The van der Waals surface area contributed by atoms with Crippen LogP contribution in [0.2, 0.25) is 0 Å². The molecule has 1 saturated heterocycles. The Bertz CT molecular complexity index is 639. The van der Waals surface area contributed by atoms with Crippen molar-refractivity contribution in [3.05, 3.63) is 30.3 Å². The van der Waals surface area contributed by atoms with E-state index < -0.39 is 6.10 Å². The Morgan fingerprint density at radius 2 is 1.53 bits per heavy atom. The largest absolute Gasteiger partial charge is 0.389 e. The molecule has 0 amide bonds. The number of piperazine rings is 1. The van der Waals surface area contributed by atoms with Gasteiger partial charge in [0, 0.05) is 38.4 Å². The Morgan fingerprint density at radius 1 is 0.900 bits per heavy atom. The second-order valence-electron chi connectivity index (χ2n) is 10.3. The van der Waals surface area contributed by atoms with Crippen LogP contribution in [0.4, 0.5) is 5.69 Å². The van der Waals surface area contributed by atoms with E-state index in [9.17, 15) is 5.11 Å². The van der Waals surface area contributed by atoms with Crippen LogP contribution in [0.1, 0.15) is 38.5 Å². The van der Waals surface area contributed by atoms with Crippen LogP contribution in [0.15, 0.2) is 30.3 Å². The van der Waals surface area contributed by atoms with E-state index in [1.807, 2.05) is 0 Å². The third-order valence-electron chi connectivity index (χ3n) is 7.89. The number of benzene rings is 1. The minimum absolute atomic E-state index is 0.162. The van der Waals surface area contributed by atoms with Crippen molar-refractivity contribution in [2.24, 2.45) is 17.8 Å². The molecule has 0 spiro atoms. The van der Waals surface area contributed by atoms with Gasteiger partial charge in [-0.3, -0.25) is 4.90 Å². The molecule has 4 aliphatic carbocycles. The van der Waals surface area contributed by atoms with Gasteiger partial charge >= 0.3 is 0 Å². The number of rotatable bonds is 9. The number of hydrogen-bond acceptors (Lipinski definition) is 5. The lowest BCUT2D eigenvalue weighted by Crippen LogP contribution is -2.52. The molecule has 5 nitrogen and oxygen atoms in total. The zero-order valence-corrected chi connectivity index (χ0v) is 18.3. The lowest BCUT2D eigenvalue weighted by atomic mass is 9.54. The molecule has 30 heavy (non-hydrogen) atoms. The summed E-state index contributed by atoms with van der Waals surface area (Å²) in [5.74, 6) is 2.75. The molecular formula is C25H38N2O3. The molecular weight excluding hydrogens is 376 g/mol. The van der Waals surface area contributed by atoms with Gasteiger partial charge in [0.1, 0.15) is 0 Å². The fourth-order valence-corrected chi connectivity index (χ4v) is 6.92. The first-order valence-electron chi connectivity index (χ1n) is 12.1. The van der Waals surface area contributed by atoms with Crippen molar-refractivity contribution in [1.29, 1.82) is 0 Å². The van der Waals surface area contributed by atoms with Gasteiger partial charge in [-0.2, -0.15) is 0 Å². The highest BCUT2D eigenvalue weighted by molar-refractivity contribution is 5.46. The highest BCUT2D eigenvalue weighted by Gasteiger charge is 2.51. The molecule has 1 N–H and O–H groups in total. The van der Waals surface area contributed by atoms with Crippen LogP contribution in [0.25, 0.3) is 0 Å². The van der Waals surface area contributed by atoms with Gasteiger partial charge in [-0.05, 0) is 68.4 Å².